The summed E-state index contributed by atoms with van der Waals surface area (Å²) in [5, 5.41) is 0. The second-order valence-electron chi connectivity index (χ2n) is 6.66. The van der Waals surface area contributed by atoms with Crippen LogP contribution < -0.4 is 5.73 Å². The molecule has 1 saturated heterocycles. The van der Waals surface area contributed by atoms with Gasteiger partial charge in [0.15, 0.2) is 0 Å². The molecule has 1 heterocycles. The van der Waals surface area contributed by atoms with Gasteiger partial charge in [-0.1, -0.05) is 13.8 Å². The van der Waals surface area contributed by atoms with Crippen LogP contribution in [0.25, 0.3) is 0 Å². The lowest BCUT2D eigenvalue weighted by Crippen LogP contribution is -2.48. The lowest BCUT2D eigenvalue weighted by atomic mass is 9.72. The summed E-state index contributed by atoms with van der Waals surface area (Å²) in [6.07, 6.45) is 2.42. The second kappa shape index (κ2) is 2.52. The summed E-state index contributed by atoms with van der Waals surface area (Å²) < 4.78 is 12.2. The van der Waals surface area contributed by atoms with Crippen LogP contribution in [0.4, 0.5) is 0 Å². The van der Waals surface area contributed by atoms with Crippen molar-refractivity contribution in [2.45, 2.75) is 51.3 Å². The van der Waals surface area contributed by atoms with Crippen LogP contribution in [0.15, 0.2) is 0 Å². The van der Waals surface area contributed by atoms with Crippen LogP contribution in [-0.2, 0) is 9.31 Å². The predicted molar refractivity (Wildman–Crippen MR) is 61.6 cm³/mol. The van der Waals surface area contributed by atoms with E-state index in [4.69, 9.17) is 15.0 Å². The predicted octanol–water partition coefficient (Wildman–Crippen LogP) is 1.21. The molecule has 0 amide bonds. The van der Waals surface area contributed by atoms with Gasteiger partial charge in [0.25, 0.3) is 0 Å². The molecule has 3 aliphatic carbocycles. The minimum Gasteiger partial charge on any atom is -0.404 e. The molecule has 88 valence electrons. The van der Waals surface area contributed by atoms with Gasteiger partial charge in [-0.3, -0.25) is 0 Å². The van der Waals surface area contributed by atoms with Crippen LogP contribution in [0.2, 0.25) is 0 Å². The highest BCUT2D eigenvalue weighted by atomic mass is 16.7. The van der Waals surface area contributed by atoms with Gasteiger partial charge in [0.1, 0.15) is 0 Å². The molecule has 0 aromatic rings. The first-order chi connectivity index (χ1) is 7.52. The third-order valence-electron chi connectivity index (χ3n) is 5.88. The number of rotatable bonds is 2. The van der Waals surface area contributed by atoms with Crippen molar-refractivity contribution in [1.29, 1.82) is 0 Å². The van der Waals surface area contributed by atoms with Crippen LogP contribution in [0.1, 0.15) is 33.6 Å². The van der Waals surface area contributed by atoms with E-state index in [0.29, 0.717) is 11.5 Å². The van der Waals surface area contributed by atoms with Crippen molar-refractivity contribution in [3.63, 3.8) is 0 Å². The van der Waals surface area contributed by atoms with Gasteiger partial charge in [-0.15, -0.1) is 0 Å². The third-order valence-corrected chi connectivity index (χ3v) is 5.88. The van der Waals surface area contributed by atoms with Crippen molar-refractivity contribution in [1.82, 2.24) is 0 Å². The minimum absolute atomic E-state index is 0.0300. The molecule has 0 bridgehead atoms. The Kier molecular flexibility index (Phi) is 1.56. The smallest absolute Gasteiger partial charge is 0.404 e. The highest BCUT2D eigenvalue weighted by Gasteiger charge is 2.90. The van der Waals surface area contributed by atoms with E-state index >= 15 is 0 Å². The molecular weight excluding hydrogens is 201 g/mol. The van der Waals surface area contributed by atoms with Crippen LogP contribution in [0.5, 0.6) is 0 Å². The molecule has 3 nitrogen and oxygen atoms in total. The molecule has 4 heteroatoms. The van der Waals surface area contributed by atoms with Crippen molar-refractivity contribution >= 4 is 7.12 Å². The zero-order valence-electron chi connectivity index (χ0n) is 10.3. The Labute approximate surface area is 97.2 Å². The molecule has 0 radical (unpaired) electrons. The zero-order chi connectivity index (χ0) is 11.3. The first-order valence-corrected chi connectivity index (χ1v) is 6.61. The Morgan fingerprint density at radius 3 is 2.75 bits per heavy atom. The van der Waals surface area contributed by atoms with E-state index in [1.165, 1.54) is 6.42 Å². The van der Waals surface area contributed by atoms with E-state index in [2.05, 4.69) is 20.8 Å². The number of fused-ring (bicyclic) bond motifs is 4. The fourth-order valence-electron chi connectivity index (χ4n) is 4.60. The molecule has 1 aliphatic heterocycles. The SMILES string of the molecule is CC[C@H](N)B1O[C@H]2[C@@H]3C4C(C[C@@]2(C)O1)C43C. The van der Waals surface area contributed by atoms with Crippen molar-refractivity contribution in [2.75, 3.05) is 0 Å². The van der Waals surface area contributed by atoms with E-state index < -0.39 is 0 Å². The maximum absolute atomic E-state index is 6.12. The highest BCUT2D eigenvalue weighted by molar-refractivity contribution is 6.47. The summed E-state index contributed by atoms with van der Waals surface area (Å²) in [5.41, 5.74) is 6.62. The van der Waals surface area contributed by atoms with Crippen LogP contribution in [0, 0.1) is 23.2 Å². The Bertz CT molecular complexity index is 365. The molecule has 2 N–H and O–H groups in total. The molecule has 3 saturated carbocycles. The third kappa shape index (κ3) is 0.866. The summed E-state index contributed by atoms with van der Waals surface area (Å²) in [6, 6.07) is 0. The summed E-state index contributed by atoms with van der Waals surface area (Å²) in [4.78, 5) is 0. The van der Waals surface area contributed by atoms with E-state index in [0.717, 1.165) is 24.2 Å². The van der Waals surface area contributed by atoms with Gasteiger partial charge in [-0.05, 0) is 42.9 Å². The van der Waals surface area contributed by atoms with Gasteiger partial charge in [0.05, 0.1) is 11.7 Å². The van der Waals surface area contributed by atoms with E-state index in [1.807, 2.05) is 0 Å². The highest BCUT2D eigenvalue weighted by Crippen LogP contribution is 2.90. The monoisotopic (exact) mass is 221 g/mol. The second-order valence-corrected chi connectivity index (χ2v) is 6.66. The van der Waals surface area contributed by atoms with Gasteiger partial charge in [0.2, 0.25) is 0 Å². The van der Waals surface area contributed by atoms with Gasteiger partial charge in [-0.25, -0.2) is 0 Å². The van der Waals surface area contributed by atoms with Crippen molar-refractivity contribution in [2.24, 2.45) is 28.9 Å². The maximum Gasteiger partial charge on any atom is 0.475 e. The first kappa shape index (κ1) is 9.92. The summed E-state index contributed by atoms with van der Waals surface area (Å²) >= 11 is 0. The summed E-state index contributed by atoms with van der Waals surface area (Å²) in [5.74, 6) is 2.66. The number of nitrogens with two attached hydrogens (primary N) is 1. The lowest BCUT2D eigenvalue weighted by Gasteiger charge is -2.41. The fraction of sp³-hybridized carbons (Fsp3) is 1.00. The summed E-state index contributed by atoms with van der Waals surface area (Å²) in [6.45, 7) is 6.73. The molecule has 0 aromatic carbocycles. The molecule has 4 rings (SSSR count). The Hall–Kier alpha value is -0.0551. The average molecular weight is 221 g/mol. The Morgan fingerprint density at radius 2 is 2.12 bits per heavy atom. The van der Waals surface area contributed by atoms with Crippen molar-refractivity contribution in [3.05, 3.63) is 0 Å². The normalized spacial score (nSPS) is 62.6. The first-order valence-electron chi connectivity index (χ1n) is 6.61. The summed E-state index contributed by atoms with van der Waals surface area (Å²) in [7, 11) is -0.164. The minimum atomic E-state index is -0.164. The van der Waals surface area contributed by atoms with E-state index in [1.54, 1.807) is 0 Å². The zero-order valence-corrected chi connectivity index (χ0v) is 10.3. The fourth-order valence-corrected chi connectivity index (χ4v) is 4.60. The molecule has 0 spiro atoms. The topological polar surface area (TPSA) is 44.5 Å². The quantitative estimate of drug-likeness (QED) is 0.713. The van der Waals surface area contributed by atoms with Crippen LogP contribution >= 0.6 is 0 Å². The van der Waals surface area contributed by atoms with Crippen LogP contribution in [0.3, 0.4) is 0 Å². The molecule has 7 atom stereocenters. The van der Waals surface area contributed by atoms with E-state index in [-0.39, 0.29) is 18.7 Å². The van der Waals surface area contributed by atoms with Crippen molar-refractivity contribution < 1.29 is 9.31 Å². The number of hydrogen-bond donors (Lipinski definition) is 1. The van der Waals surface area contributed by atoms with Crippen molar-refractivity contribution in [3.8, 4) is 0 Å². The molecular formula is C12H20BNO2. The number of hydrogen-bond acceptors (Lipinski definition) is 3. The largest absolute Gasteiger partial charge is 0.475 e. The molecule has 0 aromatic heterocycles. The Morgan fingerprint density at radius 1 is 1.44 bits per heavy atom. The molecule has 4 aliphatic rings. The van der Waals surface area contributed by atoms with Crippen LogP contribution in [-0.4, -0.2) is 24.8 Å². The molecule has 4 fully saturated rings. The van der Waals surface area contributed by atoms with Gasteiger partial charge in [0, 0.05) is 5.94 Å². The average Bonchev–Trinajstić information content (AvgIpc) is 2.98. The molecule has 3 unspecified atom stereocenters. The lowest BCUT2D eigenvalue weighted by molar-refractivity contribution is -0.0390. The standard InChI is InChI=1S/C12H20BNO2/c1-4-7(14)13-15-10-9-8-6(12(8,9)3)5-11(10,2)16-13/h6-10H,4-5,14H2,1-3H3/t6?,7-,8?,9-,10-,11+,12?/m0/s1. The van der Waals surface area contributed by atoms with Gasteiger partial charge >= 0.3 is 7.12 Å². The maximum atomic E-state index is 6.12. The Balaban J connectivity index is 1.58. The molecule has 16 heavy (non-hydrogen) atoms. The van der Waals surface area contributed by atoms with Gasteiger partial charge < -0.3 is 15.0 Å². The van der Waals surface area contributed by atoms with Gasteiger partial charge in [-0.2, -0.15) is 0 Å². The van der Waals surface area contributed by atoms with E-state index in [9.17, 15) is 0 Å².